The lowest BCUT2D eigenvalue weighted by Gasteiger charge is -2.56. The van der Waals surface area contributed by atoms with Gasteiger partial charge in [-0.2, -0.15) is 0 Å². The molecule has 4 bridgehead atoms. The number of carboxylic acids is 1. The number of phenolic OH excluding ortho intramolecular Hbond substituents is 1. The summed E-state index contributed by atoms with van der Waals surface area (Å²) in [5, 5.41) is 22.1. The van der Waals surface area contributed by atoms with E-state index in [1.807, 2.05) is 24.9 Å². The Labute approximate surface area is 213 Å². The van der Waals surface area contributed by atoms with E-state index < -0.39 is 5.97 Å². The van der Waals surface area contributed by atoms with Gasteiger partial charge in [0.2, 0.25) is 0 Å². The number of aromatic hydroxyl groups is 1. The van der Waals surface area contributed by atoms with Crippen LogP contribution in [0.3, 0.4) is 0 Å². The van der Waals surface area contributed by atoms with Crippen molar-refractivity contribution < 1.29 is 19.7 Å². The highest BCUT2D eigenvalue weighted by atomic mass is 79.9. The molecular weight excluding hydrogens is 516 g/mol. The van der Waals surface area contributed by atoms with Gasteiger partial charge in [-0.05, 0) is 78.3 Å². The van der Waals surface area contributed by atoms with Crippen molar-refractivity contribution in [3.8, 4) is 5.75 Å². The molecule has 0 amide bonds. The van der Waals surface area contributed by atoms with Gasteiger partial charge in [0.15, 0.2) is 0 Å². The Morgan fingerprint density at radius 1 is 1.18 bits per heavy atom. The molecule has 184 valence electrons. The van der Waals surface area contributed by atoms with Gasteiger partial charge in [0, 0.05) is 53.8 Å². The minimum absolute atomic E-state index is 0.146. The lowest BCUT2D eigenvalue weighted by molar-refractivity contribution is 0.0340. The molecule has 1 saturated heterocycles. The van der Waals surface area contributed by atoms with Gasteiger partial charge in [-0.15, -0.1) is 11.8 Å². The second kappa shape index (κ2) is 8.71. The van der Waals surface area contributed by atoms with Gasteiger partial charge in [0.1, 0.15) is 5.75 Å². The lowest BCUT2D eigenvalue weighted by atomic mass is 9.56. The van der Waals surface area contributed by atoms with Crippen molar-refractivity contribution in [2.24, 2.45) is 24.8 Å². The minimum atomic E-state index is -0.906. The monoisotopic (exact) mass is 548 g/mol. The number of benzene rings is 1. The number of halogens is 1. The molecule has 1 aliphatic heterocycles. The summed E-state index contributed by atoms with van der Waals surface area (Å²) >= 11 is 5.54. The predicted molar refractivity (Wildman–Crippen MR) is 138 cm³/mol. The number of nitrogens with zero attached hydrogens (tertiary/aromatic N) is 2. The van der Waals surface area contributed by atoms with E-state index in [0.717, 1.165) is 42.1 Å². The van der Waals surface area contributed by atoms with E-state index in [4.69, 9.17) is 4.74 Å². The van der Waals surface area contributed by atoms with E-state index in [0.29, 0.717) is 51.2 Å². The van der Waals surface area contributed by atoms with Crippen molar-refractivity contribution in [2.75, 3.05) is 26.3 Å². The molecule has 2 N–H and O–H groups in total. The number of aromatic carboxylic acids is 1. The van der Waals surface area contributed by atoms with Gasteiger partial charge in [0.05, 0.1) is 28.8 Å². The van der Waals surface area contributed by atoms with Crippen LogP contribution in [0.5, 0.6) is 5.75 Å². The van der Waals surface area contributed by atoms with E-state index in [2.05, 4.69) is 25.4 Å². The third-order valence-corrected chi connectivity index (χ3v) is 11.0. The summed E-state index contributed by atoms with van der Waals surface area (Å²) in [4.78, 5) is 14.9. The molecule has 2 heterocycles. The van der Waals surface area contributed by atoms with Crippen molar-refractivity contribution in [3.63, 3.8) is 0 Å². The van der Waals surface area contributed by atoms with Crippen molar-refractivity contribution in [2.45, 2.75) is 55.6 Å². The molecule has 6 nitrogen and oxygen atoms in total. The van der Waals surface area contributed by atoms with Gasteiger partial charge in [-0.1, -0.05) is 0 Å². The van der Waals surface area contributed by atoms with Crippen LogP contribution >= 0.6 is 27.7 Å². The molecule has 4 aliphatic carbocycles. The second-order valence-corrected chi connectivity index (χ2v) is 13.3. The van der Waals surface area contributed by atoms with Crippen LogP contribution in [0.4, 0.5) is 0 Å². The molecular formula is C26H33BrN2O4S. The molecule has 2 aromatic rings. The third-order valence-electron chi connectivity index (χ3n) is 8.83. The van der Waals surface area contributed by atoms with Crippen molar-refractivity contribution in [3.05, 3.63) is 27.4 Å². The molecule has 0 atom stereocenters. The summed E-state index contributed by atoms with van der Waals surface area (Å²) in [7, 11) is 1.98. The maximum absolute atomic E-state index is 12.7. The van der Waals surface area contributed by atoms with Crippen molar-refractivity contribution in [1.29, 1.82) is 0 Å². The fourth-order valence-corrected chi connectivity index (χ4v) is 9.94. The number of ether oxygens (including phenoxy) is 1. The number of carbonyl (C=O) groups is 1. The largest absolute Gasteiger partial charge is 0.506 e. The zero-order valence-corrected chi connectivity index (χ0v) is 22.1. The first-order chi connectivity index (χ1) is 16.3. The van der Waals surface area contributed by atoms with Gasteiger partial charge in [-0.3, -0.25) is 4.90 Å². The Kier molecular flexibility index (Phi) is 5.94. The van der Waals surface area contributed by atoms with Crippen LogP contribution in [-0.2, 0) is 24.1 Å². The number of aromatic nitrogens is 1. The predicted octanol–water partition coefficient (Wildman–Crippen LogP) is 5.38. The van der Waals surface area contributed by atoms with E-state index in [1.54, 1.807) is 0 Å². The van der Waals surface area contributed by atoms with Crippen LogP contribution in [0.25, 0.3) is 10.9 Å². The average molecular weight is 550 g/mol. The number of aryl methyl sites for hydroxylation is 1. The molecule has 0 spiro atoms. The number of fused-ring (bicyclic) bond motifs is 1. The molecule has 0 radical (unpaired) electrons. The molecule has 5 fully saturated rings. The second-order valence-electron chi connectivity index (χ2n) is 11.0. The Morgan fingerprint density at radius 2 is 1.79 bits per heavy atom. The number of thioether (sulfide) groups is 1. The first-order valence-corrected chi connectivity index (χ1v) is 14.3. The number of hydrogen-bond acceptors (Lipinski definition) is 5. The van der Waals surface area contributed by atoms with Crippen LogP contribution in [0.1, 0.15) is 60.1 Å². The lowest BCUT2D eigenvalue weighted by Crippen LogP contribution is -2.48. The van der Waals surface area contributed by atoms with Crippen molar-refractivity contribution in [1.82, 2.24) is 9.47 Å². The van der Waals surface area contributed by atoms with Crippen LogP contribution in [0.2, 0.25) is 0 Å². The molecule has 5 aliphatic rings. The number of carboxylic acid groups (broad SMARTS) is 1. The van der Waals surface area contributed by atoms with E-state index >= 15 is 0 Å². The van der Waals surface area contributed by atoms with Crippen LogP contribution in [0, 0.1) is 17.8 Å². The third kappa shape index (κ3) is 3.89. The normalized spacial score (nSPS) is 30.9. The summed E-state index contributed by atoms with van der Waals surface area (Å²) in [6.45, 7) is 3.38. The average Bonchev–Trinajstić information content (AvgIpc) is 3.07. The highest BCUT2D eigenvalue weighted by molar-refractivity contribution is 9.10. The molecule has 1 aromatic carbocycles. The molecule has 0 unspecified atom stereocenters. The van der Waals surface area contributed by atoms with Gasteiger partial charge < -0.3 is 19.5 Å². The zero-order chi connectivity index (χ0) is 23.6. The Balaban J connectivity index is 1.38. The maximum Gasteiger partial charge on any atom is 0.338 e. The highest BCUT2D eigenvalue weighted by Gasteiger charge is 2.51. The summed E-state index contributed by atoms with van der Waals surface area (Å²) < 4.78 is 8.47. The van der Waals surface area contributed by atoms with E-state index in [1.165, 1.54) is 38.5 Å². The standard InChI is InChI=1S/C26H33BrN2O4S/c1-28-20-9-19(27)24(30)18(13-29-2-4-33-5-3-29)22(20)23(25(31)32)21(28)14-34-26-10-15-6-16(11-26)8-17(7-15)12-26/h9,15-17,30H,2-8,10-14H2,1H3,(H,31,32). The fourth-order valence-electron chi connectivity index (χ4n) is 7.64. The Bertz CT molecular complexity index is 1100. The summed E-state index contributed by atoms with van der Waals surface area (Å²) in [6.07, 6.45) is 8.12. The quantitative estimate of drug-likeness (QED) is 0.504. The fraction of sp³-hybridized carbons (Fsp3) is 0.654. The van der Waals surface area contributed by atoms with Crippen LogP contribution in [0.15, 0.2) is 10.5 Å². The van der Waals surface area contributed by atoms with Crippen LogP contribution < -0.4 is 0 Å². The topological polar surface area (TPSA) is 74.9 Å². The zero-order valence-electron chi connectivity index (χ0n) is 19.7. The first kappa shape index (κ1) is 23.2. The number of hydrogen-bond donors (Lipinski definition) is 2. The molecule has 34 heavy (non-hydrogen) atoms. The molecule has 1 aromatic heterocycles. The molecule has 8 heteroatoms. The number of rotatable bonds is 6. The van der Waals surface area contributed by atoms with Gasteiger partial charge in [-0.25, -0.2) is 4.79 Å². The number of phenols is 1. The molecule has 7 rings (SSSR count). The summed E-state index contributed by atoms with van der Waals surface area (Å²) in [6, 6.07) is 1.87. The van der Waals surface area contributed by atoms with Crippen molar-refractivity contribution >= 4 is 44.6 Å². The Hall–Kier alpha value is -1.22. The van der Waals surface area contributed by atoms with E-state index in [9.17, 15) is 15.0 Å². The van der Waals surface area contributed by atoms with Gasteiger partial charge in [0.25, 0.3) is 0 Å². The van der Waals surface area contributed by atoms with E-state index in [-0.39, 0.29) is 5.75 Å². The summed E-state index contributed by atoms with van der Waals surface area (Å²) in [5.41, 5.74) is 2.79. The van der Waals surface area contributed by atoms with Crippen LogP contribution in [-0.4, -0.2) is 56.7 Å². The molecule has 4 saturated carbocycles. The number of morpholine rings is 1. The Morgan fingerprint density at radius 3 is 2.38 bits per heavy atom. The summed E-state index contributed by atoms with van der Waals surface area (Å²) in [5.74, 6) is 2.56. The SMILES string of the molecule is Cn1c(CSC23CC4CC(CC(C4)C2)C3)c(C(=O)O)c2c(CN3CCOCC3)c(O)c(Br)cc21. The highest BCUT2D eigenvalue weighted by Crippen LogP contribution is 2.61. The first-order valence-electron chi connectivity index (χ1n) is 12.5. The van der Waals surface area contributed by atoms with Gasteiger partial charge >= 0.3 is 5.97 Å². The minimum Gasteiger partial charge on any atom is -0.506 e. The maximum atomic E-state index is 12.7. The smallest absolute Gasteiger partial charge is 0.338 e.